The summed E-state index contributed by atoms with van der Waals surface area (Å²) in [7, 11) is 2.15. The molecule has 142 valence electrons. The highest BCUT2D eigenvalue weighted by Gasteiger charge is 2.32. The standard InChI is InChI=1S/C19H25F3N2OSi/c1-12-15(13-8-10-14(11-9-13)19(20,21)22)23-24(7)16(12)18(5,6)25-26-17(2,3)4/h8-11H,1-7H3. The zero-order chi connectivity index (χ0) is 19.9. The molecule has 3 nitrogen and oxygen atoms in total. The molecule has 7 heteroatoms. The number of alkyl halides is 3. The van der Waals surface area contributed by atoms with Gasteiger partial charge < -0.3 is 4.43 Å². The van der Waals surface area contributed by atoms with Gasteiger partial charge in [-0.15, -0.1) is 0 Å². The van der Waals surface area contributed by atoms with Crippen LogP contribution in [0.2, 0.25) is 5.04 Å². The molecule has 0 aliphatic rings. The van der Waals surface area contributed by atoms with Gasteiger partial charge in [-0.05, 0) is 37.9 Å². The van der Waals surface area contributed by atoms with E-state index in [1.807, 2.05) is 27.8 Å². The van der Waals surface area contributed by atoms with Crippen molar-refractivity contribution in [1.82, 2.24) is 9.78 Å². The molecule has 0 bridgehead atoms. The number of halogens is 3. The molecule has 0 N–H and O–H groups in total. The van der Waals surface area contributed by atoms with Crippen LogP contribution < -0.4 is 0 Å². The lowest BCUT2D eigenvalue weighted by molar-refractivity contribution is -0.137. The van der Waals surface area contributed by atoms with Crippen LogP contribution in [0.15, 0.2) is 24.3 Å². The smallest absolute Gasteiger partial charge is 0.406 e. The molecule has 0 unspecified atom stereocenters. The lowest BCUT2D eigenvalue weighted by Crippen LogP contribution is -2.30. The molecule has 0 fully saturated rings. The monoisotopic (exact) mass is 382 g/mol. The highest BCUT2D eigenvalue weighted by Crippen LogP contribution is 2.36. The van der Waals surface area contributed by atoms with E-state index in [-0.39, 0.29) is 5.04 Å². The van der Waals surface area contributed by atoms with E-state index in [1.165, 1.54) is 12.1 Å². The Bertz CT molecular complexity index is 772. The fourth-order valence-corrected chi connectivity index (χ4v) is 3.55. The van der Waals surface area contributed by atoms with Crippen molar-refractivity contribution in [2.75, 3.05) is 0 Å². The van der Waals surface area contributed by atoms with Crippen molar-refractivity contribution in [1.29, 1.82) is 0 Å². The molecule has 2 radical (unpaired) electrons. The van der Waals surface area contributed by atoms with Crippen molar-refractivity contribution in [2.24, 2.45) is 7.05 Å². The van der Waals surface area contributed by atoms with Crippen LogP contribution in [0, 0.1) is 6.92 Å². The first-order chi connectivity index (χ1) is 11.7. The molecule has 1 aromatic carbocycles. The molecule has 0 spiro atoms. The SMILES string of the molecule is Cc1c(-c2ccc(C(F)(F)F)cc2)nn(C)c1C(C)(C)O[Si]C(C)(C)C. The predicted molar refractivity (Wildman–Crippen MR) is 98.0 cm³/mol. The minimum Gasteiger partial charge on any atom is -0.406 e. The Balaban J connectivity index is 2.38. The second-order valence-electron chi connectivity index (χ2n) is 7.99. The molecule has 1 heterocycles. The summed E-state index contributed by atoms with van der Waals surface area (Å²) >= 11 is 0. The number of nitrogens with zero attached hydrogens (tertiary/aromatic N) is 2. The second kappa shape index (κ2) is 6.85. The average Bonchev–Trinajstić information content (AvgIpc) is 2.79. The number of hydrogen-bond acceptors (Lipinski definition) is 2. The summed E-state index contributed by atoms with van der Waals surface area (Å²) < 4.78 is 46.2. The van der Waals surface area contributed by atoms with Gasteiger partial charge >= 0.3 is 6.18 Å². The first kappa shape index (κ1) is 20.7. The second-order valence-corrected chi connectivity index (χ2v) is 9.89. The fraction of sp³-hybridized carbons (Fsp3) is 0.526. The molecule has 2 rings (SSSR count). The van der Waals surface area contributed by atoms with Gasteiger partial charge in [-0.2, -0.15) is 18.3 Å². The van der Waals surface area contributed by atoms with Crippen LogP contribution in [0.1, 0.15) is 51.4 Å². The summed E-state index contributed by atoms with van der Waals surface area (Å²) in [5.41, 5.74) is 1.95. The van der Waals surface area contributed by atoms with Crippen LogP contribution in [-0.2, 0) is 23.3 Å². The summed E-state index contributed by atoms with van der Waals surface area (Å²) in [4.78, 5) is 0. The van der Waals surface area contributed by atoms with E-state index >= 15 is 0 Å². The Labute approximate surface area is 155 Å². The maximum absolute atomic E-state index is 12.8. The van der Waals surface area contributed by atoms with Crippen molar-refractivity contribution >= 4 is 9.76 Å². The van der Waals surface area contributed by atoms with Crippen molar-refractivity contribution in [3.8, 4) is 11.3 Å². The Morgan fingerprint density at radius 3 is 2.00 bits per heavy atom. The number of aryl methyl sites for hydroxylation is 1. The normalized spacial score (nSPS) is 13.3. The maximum atomic E-state index is 12.8. The van der Waals surface area contributed by atoms with Crippen molar-refractivity contribution in [3.05, 3.63) is 41.1 Å². The first-order valence-corrected chi connectivity index (χ1v) is 9.30. The van der Waals surface area contributed by atoms with Gasteiger partial charge in [0.2, 0.25) is 9.76 Å². The van der Waals surface area contributed by atoms with E-state index in [2.05, 4.69) is 25.9 Å². The van der Waals surface area contributed by atoms with Gasteiger partial charge in [0.25, 0.3) is 0 Å². The summed E-state index contributed by atoms with van der Waals surface area (Å²) in [5.74, 6) is 0. The zero-order valence-electron chi connectivity index (χ0n) is 16.2. The van der Waals surface area contributed by atoms with E-state index in [0.717, 1.165) is 23.4 Å². The molecule has 1 aromatic heterocycles. The minimum atomic E-state index is -4.34. The number of hydrogen-bond donors (Lipinski definition) is 0. The molecule has 0 saturated heterocycles. The van der Waals surface area contributed by atoms with Crippen LogP contribution in [-0.4, -0.2) is 19.5 Å². The van der Waals surface area contributed by atoms with Gasteiger partial charge in [0.1, 0.15) is 0 Å². The van der Waals surface area contributed by atoms with E-state index in [9.17, 15) is 13.2 Å². The molecule has 0 aliphatic heterocycles. The molecule has 0 aliphatic carbocycles. The summed E-state index contributed by atoms with van der Waals surface area (Å²) in [6.45, 7) is 12.3. The van der Waals surface area contributed by atoms with Crippen LogP contribution in [0.4, 0.5) is 13.2 Å². The molecular weight excluding hydrogens is 357 g/mol. The summed E-state index contributed by atoms with van der Waals surface area (Å²) in [5, 5.41) is 4.60. The molecule has 0 amide bonds. The molecular formula is C19H25F3N2OSi. The third kappa shape index (κ3) is 4.56. The van der Waals surface area contributed by atoms with Gasteiger partial charge in [0, 0.05) is 18.2 Å². The van der Waals surface area contributed by atoms with Gasteiger partial charge in [-0.1, -0.05) is 32.9 Å². The van der Waals surface area contributed by atoms with Crippen molar-refractivity contribution in [3.63, 3.8) is 0 Å². The van der Waals surface area contributed by atoms with Crippen molar-refractivity contribution in [2.45, 2.75) is 58.4 Å². The third-order valence-electron chi connectivity index (χ3n) is 3.95. The van der Waals surface area contributed by atoms with E-state index in [0.29, 0.717) is 21.0 Å². The van der Waals surface area contributed by atoms with Gasteiger partial charge in [0.05, 0.1) is 22.6 Å². The van der Waals surface area contributed by atoms with Crippen molar-refractivity contribution < 1.29 is 17.6 Å². The summed E-state index contributed by atoms with van der Waals surface area (Å²) in [6, 6.07) is 5.11. The van der Waals surface area contributed by atoms with Crippen LogP contribution in [0.3, 0.4) is 0 Å². The number of aromatic nitrogens is 2. The van der Waals surface area contributed by atoms with E-state index < -0.39 is 17.3 Å². The Kier molecular flexibility index (Phi) is 5.45. The lowest BCUT2D eigenvalue weighted by atomic mass is 9.97. The molecule has 0 saturated carbocycles. The Hall–Kier alpha value is -1.60. The van der Waals surface area contributed by atoms with Gasteiger partial charge in [-0.3, -0.25) is 4.68 Å². The first-order valence-electron chi connectivity index (χ1n) is 8.39. The molecule has 26 heavy (non-hydrogen) atoms. The maximum Gasteiger partial charge on any atom is 0.416 e. The summed E-state index contributed by atoms with van der Waals surface area (Å²) in [6.07, 6.45) is -4.34. The van der Waals surface area contributed by atoms with Gasteiger partial charge in [-0.25, -0.2) is 0 Å². The minimum absolute atomic E-state index is 0.0556. The highest BCUT2D eigenvalue weighted by molar-refractivity contribution is 6.31. The molecule has 2 aromatic rings. The number of benzene rings is 1. The van der Waals surface area contributed by atoms with E-state index in [4.69, 9.17) is 4.43 Å². The topological polar surface area (TPSA) is 27.1 Å². The van der Waals surface area contributed by atoms with Crippen LogP contribution in [0.25, 0.3) is 11.3 Å². The highest BCUT2D eigenvalue weighted by atomic mass is 28.2. The number of rotatable bonds is 4. The van der Waals surface area contributed by atoms with Crippen LogP contribution in [0.5, 0.6) is 0 Å². The van der Waals surface area contributed by atoms with Crippen LogP contribution >= 0.6 is 0 Å². The Morgan fingerprint density at radius 1 is 1.00 bits per heavy atom. The average molecular weight is 383 g/mol. The lowest BCUT2D eigenvalue weighted by Gasteiger charge is -2.30. The third-order valence-corrected chi connectivity index (χ3v) is 5.18. The largest absolute Gasteiger partial charge is 0.416 e. The van der Waals surface area contributed by atoms with E-state index in [1.54, 1.807) is 4.68 Å². The zero-order valence-corrected chi connectivity index (χ0v) is 17.2. The fourth-order valence-electron chi connectivity index (χ4n) is 2.89. The molecule has 0 atom stereocenters. The quantitative estimate of drug-likeness (QED) is 0.653. The predicted octanol–water partition coefficient (Wildman–Crippen LogP) is 5.50. The van der Waals surface area contributed by atoms with Gasteiger partial charge in [0.15, 0.2) is 0 Å². The Morgan fingerprint density at radius 2 is 1.54 bits per heavy atom.